The van der Waals surface area contributed by atoms with E-state index in [9.17, 15) is 18.0 Å². The number of rotatable bonds is 5. The van der Waals surface area contributed by atoms with Crippen LogP contribution < -0.4 is 11.1 Å². The Hall–Kier alpha value is -2.07. The van der Waals surface area contributed by atoms with Gasteiger partial charge in [-0.1, -0.05) is 0 Å². The molecule has 0 bridgehead atoms. The number of piperazine rings is 1. The molecule has 0 atom stereocenters. The van der Waals surface area contributed by atoms with E-state index in [1.165, 1.54) is 21.1 Å². The molecule has 1 saturated heterocycles. The van der Waals surface area contributed by atoms with Gasteiger partial charge in [-0.25, -0.2) is 13.2 Å². The molecule has 0 aromatic carbocycles. The second kappa shape index (κ2) is 6.68. The molecule has 10 heteroatoms. The van der Waals surface area contributed by atoms with Gasteiger partial charge in [-0.3, -0.25) is 4.79 Å². The van der Waals surface area contributed by atoms with Crippen molar-refractivity contribution >= 4 is 22.0 Å². The van der Waals surface area contributed by atoms with E-state index in [1.54, 1.807) is 11.9 Å². The van der Waals surface area contributed by atoms with E-state index in [0.29, 0.717) is 25.6 Å². The fourth-order valence-electron chi connectivity index (χ4n) is 2.87. The van der Waals surface area contributed by atoms with Crippen LogP contribution in [0.1, 0.15) is 23.3 Å². The molecule has 138 valence electrons. The van der Waals surface area contributed by atoms with Gasteiger partial charge in [-0.05, 0) is 24.8 Å². The minimum Gasteiger partial charge on any atom is -0.364 e. The van der Waals surface area contributed by atoms with Crippen molar-refractivity contribution in [3.05, 3.63) is 18.0 Å². The Labute approximate surface area is 146 Å². The maximum Gasteiger partial charge on any atom is 0.317 e. The molecule has 1 aromatic heterocycles. The van der Waals surface area contributed by atoms with Crippen molar-refractivity contribution in [2.75, 3.05) is 32.7 Å². The molecule has 25 heavy (non-hydrogen) atoms. The number of urea groups is 1. The fraction of sp³-hybridized carbons (Fsp3) is 0.600. The summed E-state index contributed by atoms with van der Waals surface area (Å²) in [6.45, 7) is 1.81. The molecule has 2 fully saturated rings. The third kappa shape index (κ3) is 3.79. The average Bonchev–Trinajstić information content (AvgIpc) is 3.32. The minimum absolute atomic E-state index is 0.0374. The highest BCUT2D eigenvalue weighted by atomic mass is 32.2. The van der Waals surface area contributed by atoms with E-state index in [1.807, 2.05) is 0 Å². The van der Waals surface area contributed by atoms with Gasteiger partial charge >= 0.3 is 6.03 Å². The number of nitrogens with zero attached hydrogens (tertiary/aromatic N) is 3. The maximum absolute atomic E-state index is 12.7. The summed E-state index contributed by atoms with van der Waals surface area (Å²) < 4.78 is 28.2. The molecule has 2 aliphatic rings. The van der Waals surface area contributed by atoms with Crippen LogP contribution in [0.2, 0.25) is 0 Å². The Kier molecular flexibility index (Phi) is 4.74. The number of sulfonamides is 1. The molecule has 0 radical (unpaired) electrons. The van der Waals surface area contributed by atoms with Crippen molar-refractivity contribution in [2.24, 2.45) is 18.7 Å². The summed E-state index contributed by atoms with van der Waals surface area (Å²) >= 11 is 0. The molecular formula is C15H23N5O4S. The van der Waals surface area contributed by atoms with Gasteiger partial charge in [0.05, 0.1) is 0 Å². The summed E-state index contributed by atoms with van der Waals surface area (Å²) in [4.78, 5) is 25.1. The first kappa shape index (κ1) is 17.7. The standard InChI is InChI=1S/C15H23N5O4S/c1-18-10-12(8-13(18)14(16)21)25(23,24)20-6-4-19(5-7-20)15(22)17-9-11-2-3-11/h8,10-11H,2-7,9H2,1H3,(H2,16,21)(H,17,22). The maximum atomic E-state index is 12.7. The molecule has 9 nitrogen and oxygen atoms in total. The van der Waals surface area contributed by atoms with Crippen LogP contribution in [0.15, 0.2) is 17.2 Å². The van der Waals surface area contributed by atoms with Gasteiger partial charge < -0.3 is 20.5 Å². The number of nitrogens with two attached hydrogens (primary N) is 1. The molecule has 3 amide bonds. The first-order valence-electron chi connectivity index (χ1n) is 8.28. The summed E-state index contributed by atoms with van der Waals surface area (Å²) in [5, 5.41) is 2.89. The first-order chi connectivity index (χ1) is 11.8. The molecule has 2 heterocycles. The van der Waals surface area contributed by atoms with Crippen LogP contribution in [0.3, 0.4) is 0 Å². The summed E-state index contributed by atoms with van der Waals surface area (Å²) in [5.41, 5.74) is 5.37. The van der Waals surface area contributed by atoms with Crippen LogP contribution in [0.4, 0.5) is 4.79 Å². The monoisotopic (exact) mass is 369 g/mol. The highest BCUT2D eigenvalue weighted by Gasteiger charge is 2.32. The number of nitrogens with one attached hydrogen (secondary N) is 1. The van der Waals surface area contributed by atoms with Crippen molar-refractivity contribution in [3.8, 4) is 0 Å². The largest absolute Gasteiger partial charge is 0.364 e. The van der Waals surface area contributed by atoms with Crippen molar-refractivity contribution in [3.63, 3.8) is 0 Å². The number of aromatic nitrogens is 1. The molecular weight excluding hydrogens is 346 g/mol. The van der Waals surface area contributed by atoms with Gasteiger partial charge in [0, 0.05) is 46.0 Å². The van der Waals surface area contributed by atoms with Crippen molar-refractivity contribution in [1.82, 2.24) is 19.1 Å². The quantitative estimate of drug-likeness (QED) is 0.731. The molecule has 0 spiro atoms. The second-order valence-corrected chi connectivity index (χ2v) is 8.49. The highest BCUT2D eigenvalue weighted by molar-refractivity contribution is 7.89. The fourth-order valence-corrected chi connectivity index (χ4v) is 4.36. The third-order valence-corrected chi connectivity index (χ3v) is 6.50. The Morgan fingerprint density at radius 2 is 1.88 bits per heavy atom. The zero-order chi connectivity index (χ0) is 18.2. The van der Waals surface area contributed by atoms with Crippen LogP contribution in [-0.4, -0.2) is 66.9 Å². The highest BCUT2D eigenvalue weighted by Crippen LogP contribution is 2.27. The predicted molar refractivity (Wildman–Crippen MR) is 90.4 cm³/mol. The number of hydrogen-bond acceptors (Lipinski definition) is 4. The zero-order valence-electron chi connectivity index (χ0n) is 14.1. The van der Waals surface area contributed by atoms with E-state index < -0.39 is 15.9 Å². The van der Waals surface area contributed by atoms with Crippen LogP contribution in [0.25, 0.3) is 0 Å². The summed E-state index contributed by atoms with van der Waals surface area (Å²) in [7, 11) is -2.15. The molecule has 1 aliphatic carbocycles. The van der Waals surface area contributed by atoms with E-state index in [2.05, 4.69) is 5.32 Å². The number of hydrogen-bond donors (Lipinski definition) is 2. The zero-order valence-corrected chi connectivity index (χ0v) is 15.0. The molecule has 3 N–H and O–H groups in total. The predicted octanol–water partition coefficient (Wildman–Crippen LogP) is -0.450. The molecule has 1 saturated carbocycles. The minimum atomic E-state index is -3.72. The molecule has 3 rings (SSSR count). The van der Waals surface area contributed by atoms with Gasteiger partial charge in [0.15, 0.2) is 0 Å². The molecule has 1 aromatic rings. The molecule has 0 unspecified atom stereocenters. The lowest BCUT2D eigenvalue weighted by atomic mass is 10.4. The van der Waals surface area contributed by atoms with Gasteiger partial charge in [0.25, 0.3) is 5.91 Å². The van der Waals surface area contributed by atoms with Gasteiger partial charge in [-0.15, -0.1) is 0 Å². The van der Waals surface area contributed by atoms with Crippen molar-refractivity contribution in [2.45, 2.75) is 17.7 Å². The average molecular weight is 369 g/mol. The summed E-state index contributed by atoms with van der Waals surface area (Å²) in [5.74, 6) is -0.0794. The molecule has 1 aliphatic heterocycles. The van der Waals surface area contributed by atoms with Gasteiger partial charge in [-0.2, -0.15) is 4.31 Å². The Morgan fingerprint density at radius 3 is 2.40 bits per heavy atom. The van der Waals surface area contributed by atoms with Crippen LogP contribution >= 0.6 is 0 Å². The van der Waals surface area contributed by atoms with Gasteiger partial charge in [0.2, 0.25) is 10.0 Å². The third-order valence-electron chi connectivity index (χ3n) is 4.63. The van der Waals surface area contributed by atoms with E-state index in [0.717, 1.165) is 12.8 Å². The lowest BCUT2D eigenvalue weighted by Gasteiger charge is -2.33. The summed E-state index contributed by atoms with van der Waals surface area (Å²) in [6.07, 6.45) is 3.71. The van der Waals surface area contributed by atoms with Gasteiger partial charge in [0.1, 0.15) is 10.6 Å². The second-order valence-electron chi connectivity index (χ2n) is 6.56. The summed E-state index contributed by atoms with van der Waals surface area (Å²) in [6, 6.07) is 1.14. The number of carbonyl (C=O) groups excluding carboxylic acids is 2. The number of primary amides is 1. The number of aryl methyl sites for hydroxylation is 1. The Balaban J connectivity index is 1.62. The van der Waals surface area contributed by atoms with E-state index in [-0.39, 0.29) is 29.7 Å². The lowest BCUT2D eigenvalue weighted by molar-refractivity contribution is 0.0992. The van der Waals surface area contributed by atoms with Crippen LogP contribution in [0.5, 0.6) is 0 Å². The van der Waals surface area contributed by atoms with E-state index >= 15 is 0 Å². The number of amides is 3. The van der Waals surface area contributed by atoms with E-state index in [4.69, 9.17) is 5.73 Å². The SMILES string of the molecule is Cn1cc(S(=O)(=O)N2CCN(C(=O)NCC3CC3)CC2)cc1C(N)=O. The normalized spacial score (nSPS) is 19.0. The lowest BCUT2D eigenvalue weighted by Crippen LogP contribution is -2.53. The topological polar surface area (TPSA) is 118 Å². The Morgan fingerprint density at radius 1 is 1.24 bits per heavy atom. The smallest absolute Gasteiger partial charge is 0.317 e. The first-order valence-corrected chi connectivity index (χ1v) is 9.72. The Bertz CT molecular complexity index is 776. The van der Waals surface area contributed by atoms with Crippen LogP contribution in [-0.2, 0) is 17.1 Å². The van der Waals surface area contributed by atoms with Crippen LogP contribution in [0, 0.1) is 5.92 Å². The van der Waals surface area contributed by atoms with Crippen molar-refractivity contribution in [1.29, 1.82) is 0 Å². The van der Waals surface area contributed by atoms with Crippen molar-refractivity contribution < 1.29 is 18.0 Å². The number of carbonyl (C=O) groups is 2.